The minimum Gasteiger partial charge on any atom is -0.314 e. The van der Waals surface area contributed by atoms with Crippen LogP contribution < -0.4 is 5.32 Å². The molecule has 5 fully saturated rings. The summed E-state index contributed by atoms with van der Waals surface area (Å²) in [7, 11) is 0. The highest BCUT2D eigenvalue weighted by molar-refractivity contribution is 6.31. The minimum atomic E-state index is 0. The predicted molar refractivity (Wildman–Crippen MR) is 129 cm³/mol. The van der Waals surface area contributed by atoms with Crippen molar-refractivity contribution in [2.75, 3.05) is 6.54 Å². The zero-order valence-electron chi connectivity index (χ0n) is 18.3. The summed E-state index contributed by atoms with van der Waals surface area (Å²) in [6.07, 6.45) is 13.6. The van der Waals surface area contributed by atoms with Crippen molar-refractivity contribution in [3.63, 3.8) is 0 Å². The van der Waals surface area contributed by atoms with Gasteiger partial charge in [0.05, 0.1) is 0 Å². The Hall–Kier alpha value is -0.680. The van der Waals surface area contributed by atoms with Crippen molar-refractivity contribution in [3.05, 3.63) is 34.3 Å². The van der Waals surface area contributed by atoms with Gasteiger partial charge in [0, 0.05) is 23.0 Å². The van der Waals surface area contributed by atoms with Gasteiger partial charge in [0.25, 0.3) is 0 Å². The highest BCUT2D eigenvalue weighted by Crippen LogP contribution is 2.60. The molecule has 1 N–H and O–H groups in total. The summed E-state index contributed by atoms with van der Waals surface area (Å²) in [6.45, 7) is 3.30. The van der Waals surface area contributed by atoms with Crippen LogP contribution in [0.1, 0.15) is 88.2 Å². The Morgan fingerprint density at radius 2 is 1.63 bits per heavy atom. The predicted octanol–water partition coefficient (Wildman–Crippen LogP) is 7.21. The van der Waals surface area contributed by atoms with E-state index in [0.717, 1.165) is 59.2 Å². The second-order valence-electron chi connectivity index (χ2n) is 10.5. The first-order chi connectivity index (χ1) is 14.2. The van der Waals surface area contributed by atoms with Crippen molar-refractivity contribution in [3.8, 4) is 11.8 Å². The monoisotopic (exact) mass is 445 g/mol. The normalized spacial score (nSPS) is 36.7. The van der Waals surface area contributed by atoms with Gasteiger partial charge in [-0.1, -0.05) is 36.4 Å². The minimum absolute atomic E-state index is 0. The molecule has 0 aliphatic heterocycles. The first-order valence-electron chi connectivity index (χ1n) is 12.2. The van der Waals surface area contributed by atoms with E-state index in [2.05, 4.69) is 42.3 Å². The lowest BCUT2D eigenvalue weighted by molar-refractivity contribution is -0.00275. The molecule has 1 aromatic carbocycles. The van der Waals surface area contributed by atoms with E-state index < -0.39 is 0 Å². The van der Waals surface area contributed by atoms with Crippen LogP contribution >= 0.6 is 24.0 Å². The molecule has 30 heavy (non-hydrogen) atoms. The summed E-state index contributed by atoms with van der Waals surface area (Å²) in [5, 5.41) is 4.57. The highest BCUT2D eigenvalue weighted by atomic mass is 35.5. The zero-order valence-corrected chi connectivity index (χ0v) is 19.9. The van der Waals surface area contributed by atoms with E-state index in [9.17, 15) is 0 Å². The third-order valence-corrected chi connectivity index (χ3v) is 8.88. The van der Waals surface area contributed by atoms with Crippen LogP contribution in [0.15, 0.2) is 18.2 Å². The maximum Gasteiger partial charge on any atom is 0.0453 e. The smallest absolute Gasteiger partial charge is 0.0453 e. The molecular weight excluding hydrogens is 409 g/mol. The van der Waals surface area contributed by atoms with Gasteiger partial charge in [0.1, 0.15) is 0 Å². The van der Waals surface area contributed by atoms with E-state index in [0.29, 0.717) is 5.92 Å². The molecule has 5 aliphatic rings. The van der Waals surface area contributed by atoms with Crippen molar-refractivity contribution >= 4 is 24.0 Å². The topological polar surface area (TPSA) is 12.0 Å². The standard InChI is InChI=1S/C27H36ClN.ClH/c1-2-29-24-9-6-18(7-10-24)4-3-5-19-8-11-25(26(28)17-19)27-22-13-20-12-21(15-22)16-23(27)14-20;/h8,11,17-18,20-24,27,29H,2,4,6-7,9-10,12-16H2,1H3;1H. The molecule has 5 aliphatic carbocycles. The van der Waals surface area contributed by atoms with Crippen molar-refractivity contribution in [2.45, 2.75) is 83.1 Å². The molecule has 1 nitrogen and oxygen atoms in total. The van der Waals surface area contributed by atoms with Crippen LogP contribution in [0.5, 0.6) is 0 Å². The molecule has 3 heteroatoms. The van der Waals surface area contributed by atoms with Crippen LogP contribution in [-0.4, -0.2) is 12.6 Å². The van der Waals surface area contributed by atoms with Crippen molar-refractivity contribution in [1.82, 2.24) is 5.32 Å². The van der Waals surface area contributed by atoms with Crippen molar-refractivity contribution < 1.29 is 0 Å². The molecule has 0 aromatic heterocycles. The molecule has 5 saturated carbocycles. The van der Waals surface area contributed by atoms with Gasteiger partial charge in [-0.25, -0.2) is 0 Å². The van der Waals surface area contributed by atoms with E-state index in [1.54, 1.807) is 0 Å². The van der Waals surface area contributed by atoms with Crippen LogP contribution in [0.25, 0.3) is 0 Å². The molecule has 0 atom stereocenters. The first-order valence-corrected chi connectivity index (χ1v) is 12.6. The van der Waals surface area contributed by atoms with E-state index in [-0.39, 0.29) is 12.4 Å². The molecule has 0 unspecified atom stereocenters. The lowest BCUT2D eigenvalue weighted by Crippen LogP contribution is -2.43. The van der Waals surface area contributed by atoms with Crippen molar-refractivity contribution in [1.29, 1.82) is 0 Å². The van der Waals surface area contributed by atoms with Gasteiger partial charge in [-0.15, -0.1) is 12.4 Å². The average molecular weight is 447 g/mol. The quantitative estimate of drug-likeness (QED) is 0.482. The molecule has 0 spiro atoms. The fourth-order valence-corrected chi connectivity index (χ4v) is 7.77. The molecule has 0 radical (unpaired) electrons. The average Bonchev–Trinajstić information content (AvgIpc) is 2.70. The fraction of sp³-hybridized carbons (Fsp3) is 0.704. The summed E-state index contributed by atoms with van der Waals surface area (Å²) in [5.41, 5.74) is 2.52. The van der Waals surface area contributed by atoms with E-state index in [1.165, 1.54) is 63.4 Å². The van der Waals surface area contributed by atoms with Crippen LogP contribution in [0, 0.1) is 41.4 Å². The SMILES string of the molecule is CCNC1CCC(CC#Cc2ccc(C3C4CC5CC(C4)CC3C5)c(Cl)c2)CC1.Cl. The molecule has 0 saturated heterocycles. The third-order valence-electron chi connectivity index (χ3n) is 8.55. The molecule has 164 valence electrons. The van der Waals surface area contributed by atoms with Gasteiger partial charge in [0.2, 0.25) is 0 Å². The Morgan fingerprint density at radius 1 is 0.967 bits per heavy atom. The van der Waals surface area contributed by atoms with Crippen LogP contribution in [0.2, 0.25) is 5.02 Å². The van der Waals surface area contributed by atoms with Crippen LogP contribution in [0.4, 0.5) is 0 Å². The Kier molecular flexibility index (Phi) is 7.39. The van der Waals surface area contributed by atoms with Gasteiger partial charge in [-0.2, -0.15) is 0 Å². The van der Waals surface area contributed by atoms with E-state index in [1.807, 2.05) is 0 Å². The Bertz CT molecular complexity index is 756. The van der Waals surface area contributed by atoms with Crippen LogP contribution in [0.3, 0.4) is 0 Å². The number of hydrogen-bond acceptors (Lipinski definition) is 1. The van der Waals surface area contributed by atoms with Gasteiger partial charge in [-0.05, 0) is 118 Å². The number of halogens is 2. The molecule has 1 aromatic rings. The van der Waals surface area contributed by atoms with Gasteiger partial charge in [-0.3, -0.25) is 0 Å². The first kappa shape index (κ1) is 22.5. The largest absolute Gasteiger partial charge is 0.314 e. The lowest BCUT2D eigenvalue weighted by Gasteiger charge is -2.54. The van der Waals surface area contributed by atoms with Crippen LogP contribution in [-0.2, 0) is 0 Å². The number of rotatable bonds is 4. The summed E-state index contributed by atoms with van der Waals surface area (Å²) >= 11 is 6.82. The lowest BCUT2D eigenvalue weighted by atomic mass is 9.51. The van der Waals surface area contributed by atoms with Gasteiger partial charge < -0.3 is 5.32 Å². The van der Waals surface area contributed by atoms with Crippen molar-refractivity contribution in [2.24, 2.45) is 29.6 Å². The number of hydrogen-bond donors (Lipinski definition) is 1. The maximum atomic E-state index is 6.82. The molecule has 6 rings (SSSR count). The van der Waals surface area contributed by atoms with E-state index >= 15 is 0 Å². The number of nitrogens with one attached hydrogen (secondary N) is 1. The summed E-state index contributed by atoms with van der Waals surface area (Å²) in [4.78, 5) is 0. The molecule has 4 bridgehead atoms. The maximum absolute atomic E-state index is 6.82. The highest BCUT2D eigenvalue weighted by Gasteiger charge is 2.48. The molecule has 0 heterocycles. The Balaban J connectivity index is 0.00000218. The Morgan fingerprint density at radius 3 is 2.23 bits per heavy atom. The summed E-state index contributed by atoms with van der Waals surface area (Å²) in [5.74, 6) is 12.2. The van der Waals surface area contributed by atoms with Gasteiger partial charge in [0.15, 0.2) is 0 Å². The second-order valence-corrected chi connectivity index (χ2v) is 10.9. The molecular formula is C27H37Cl2N. The van der Waals surface area contributed by atoms with E-state index in [4.69, 9.17) is 11.6 Å². The zero-order chi connectivity index (χ0) is 19.8. The molecule has 0 amide bonds. The summed E-state index contributed by atoms with van der Waals surface area (Å²) < 4.78 is 0. The number of benzene rings is 1. The second kappa shape index (κ2) is 9.85. The Labute approximate surface area is 194 Å². The van der Waals surface area contributed by atoms with Gasteiger partial charge >= 0.3 is 0 Å². The fourth-order valence-electron chi connectivity index (χ4n) is 7.47. The summed E-state index contributed by atoms with van der Waals surface area (Å²) in [6, 6.07) is 7.44. The third kappa shape index (κ3) is 4.72.